The molecular weight excluding hydrogens is 377 g/mol. The molecule has 0 saturated heterocycles. The second kappa shape index (κ2) is 6.06. The first-order valence-corrected chi connectivity index (χ1v) is 9.17. The fourth-order valence-corrected chi connectivity index (χ4v) is 4.51. The van der Waals surface area contributed by atoms with Crippen molar-refractivity contribution in [3.8, 4) is 0 Å². The normalized spacial score (nSPS) is 15.8. The third-order valence-corrected chi connectivity index (χ3v) is 6.58. The van der Waals surface area contributed by atoms with Crippen molar-refractivity contribution in [2.75, 3.05) is 5.32 Å². The molecule has 1 aliphatic carbocycles. The van der Waals surface area contributed by atoms with Crippen LogP contribution in [0.1, 0.15) is 46.7 Å². The number of halogens is 1. The molecule has 0 fully saturated rings. The van der Waals surface area contributed by atoms with Gasteiger partial charge in [-0.2, -0.15) is 0 Å². The van der Waals surface area contributed by atoms with Crippen LogP contribution in [0.4, 0.5) is 5.69 Å². The van der Waals surface area contributed by atoms with E-state index < -0.39 is 0 Å². The van der Waals surface area contributed by atoms with Gasteiger partial charge in [0.05, 0.1) is 6.04 Å². The number of aryl methyl sites for hydroxylation is 3. The molecule has 0 aliphatic heterocycles. The van der Waals surface area contributed by atoms with Crippen LogP contribution in [0.3, 0.4) is 0 Å². The minimum Gasteiger partial charge on any atom is -0.378 e. The number of thiophene rings is 1. The topological polar surface area (TPSA) is 12.0 Å². The summed E-state index contributed by atoms with van der Waals surface area (Å²) < 4.78 is 1.32. The Kier molecular flexibility index (Phi) is 4.36. The van der Waals surface area contributed by atoms with E-state index in [4.69, 9.17) is 0 Å². The number of anilines is 1. The van der Waals surface area contributed by atoms with Crippen LogP contribution in [0.5, 0.6) is 0 Å². The highest BCUT2D eigenvalue weighted by atomic mass is 127. The van der Waals surface area contributed by atoms with Crippen molar-refractivity contribution in [2.24, 2.45) is 0 Å². The molecule has 1 unspecified atom stereocenters. The second-order valence-electron chi connectivity index (χ2n) is 5.63. The standard InChI is InChI=1S/C17H20INS/c1-11-7-8-14(10-15(11)18)19-12(2)17-9-13-5-3-4-6-16(13)20-17/h7-10,12,19H,3-6H2,1-2H3. The van der Waals surface area contributed by atoms with Crippen molar-refractivity contribution in [3.63, 3.8) is 0 Å². The average molecular weight is 397 g/mol. The molecule has 1 heterocycles. The number of nitrogens with one attached hydrogen (secondary N) is 1. The van der Waals surface area contributed by atoms with Crippen LogP contribution < -0.4 is 5.32 Å². The first kappa shape index (κ1) is 14.4. The number of rotatable bonds is 3. The van der Waals surface area contributed by atoms with Crippen LogP contribution in [-0.2, 0) is 12.8 Å². The molecule has 0 saturated carbocycles. The molecule has 2 aromatic rings. The van der Waals surface area contributed by atoms with Gasteiger partial charge in [-0.05, 0) is 91.4 Å². The van der Waals surface area contributed by atoms with Gasteiger partial charge in [-0.25, -0.2) is 0 Å². The number of hydrogen-bond donors (Lipinski definition) is 1. The zero-order valence-corrected chi connectivity index (χ0v) is 15.0. The van der Waals surface area contributed by atoms with Gasteiger partial charge in [0.1, 0.15) is 0 Å². The highest BCUT2D eigenvalue weighted by Gasteiger charge is 2.16. The van der Waals surface area contributed by atoms with Crippen molar-refractivity contribution in [2.45, 2.75) is 45.6 Å². The summed E-state index contributed by atoms with van der Waals surface area (Å²) in [5.74, 6) is 0. The lowest BCUT2D eigenvalue weighted by atomic mass is 9.99. The Labute approximate surface area is 138 Å². The Morgan fingerprint density at radius 1 is 1.20 bits per heavy atom. The molecule has 106 valence electrons. The van der Waals surface area contributed by atoms with Crippen molar-refractivity contribution in [1.29, 1.82) is 0 Å². The lowest BCUT2D eigenvalue weighted by molar-refractivity contribution is 0.696. The maximum atomic E-state index is 3.64. The Morgan fingerprint density at radius 2 is 2.00 bits per heavy atom. The van der Waals surface area contributed by atoms with Crippen LogP contribution >= 0.6 is 33.9 Å². The minimum atomic E-state index is 0.393. The van der Waals surface area contributed by atoms with Crippen LogP contribution in [0.15, 0.2) is 24.3 Å². The maximum absolute atomic E-state index is 3.64. The molecule has 1 nitrogen and oxygen atoms in total. The van der Waals surface area contributed by atoms with Gasteiger partial charge in [0.15, 0.2) is 0 Å². The highest BCUT2D eigenvalue weighted by Crippen LogP contribution is 2.34. The van der Waals surface area contributed by atoms with Gasteiger partial charge < -0.3 is 5.32 Å². The van der Waals surface area contributed by atoms with Gasteiger partial charge in [-0.15, -0.1) is 11.3 Å². The van der Waals surface area contributed by atoms with Gasteiger partial charge >= 0.3 is 0 Å². The summed E-state index contributed by atoms with van der Waals surface area (Å²) in [6, 6.07) is 9.43. The quantitative estimate of drug-likeness (QED) is 0.654. The lowest BCUT2D eigenvalue weighted by Crippen LogP contribution is -2.05. The monoisotopic (exact) mass is 397 g/mol. The number of benzene rings is 1. The lowest BCUT2D eigenvalue weighted by Gasteiger charge is -2.14. The fourth-order valence-electron chi connectivity index (χ4n) is 2.73. The summed E-state index contributed by atoms with van der Waals surface area (Å²) in [5.41, 5.74) is 4.16. The van der Waals surface area contributed by atoms with E-state index in [0.717, 1.165) is 0 Å². The molecule has 0 amide bonds. The molecule has 1 aromatic heterocycles. The summed E-state index contributed by atoms with van der Waals surface area (Å²) in [5, 5.41) is 3.64. The van der Waals surface area contributed by atoms with Gasteiger partial charge in [0, 0.05) is 19.0 Å². The molecule has 1 aromatic carbocycles. The molecular formula is C17H20INS. The molecule has 1 atom stereocenters. The Bertz CT molecular complexity index is 594. The van der Waals surface area contributed by atoms with Crippen molar-refractivity contribution < 1.29 is 0 Å². The van der Waals surface area contributed by atoms with E-state index in [0.29, 0.717) is 6.04 Å². The zero-order valence-electron chi connectivity index (χ0n) is 12.0. The summed E-state index contributed by atoms with van der Waals surface area (Å²) in [6.45, 7) is 4.42. The van der Waals surface area contributed by atoms with E-state index in [2.05, 4.69) is 66.0 Å². The average Bonchev–Trinajstić information content (AvgIpc) is 2.87. The smallest absolute Gasteiger partial charge is 0.0578 e. The molecule has 0 radical (unpaired) electrons. The van der Waals surface area contributed by atoms with Crippen molar-refractivity contribution in [3.05, 3.63) is 48.7 Å². The Hall–Kier alpha value is -0.550. The number of fused-ring (bicyclic) bond motifs is 1. The molecule has 3 rings (SSSR count). The second-order valence-corrected chi connectivity index (χ2v) is 7.96. The van der Waals surface area contributed by atoms with Crippen LogP contribution in [0.2, 0.25) is 0 Å². The summed E-state index contributed by atoms with van der Waals surface area (Å²) in [7, 11) is 0. The SMILES string of the molecule is Cc1ccc(NC(C)c2cc3c(s2)CCCC3)cc1I. The minimum absolute atomic E-state index is 0.393. The van der Waals surface area contributed by atoms with Gasteiger partial charge in [-0.3, -0.25) is 0 Å². The molecule has 20 heavy (non-hydrogen) atoms. The third-order valence-electron chi connectivity index (χ3n) is 4.00. The molecule has 0 spiro atoms. The van der Waals surface area contributed by atoms with E-state index in [1.165, 1.54) is 45.4 Å². The van der Waals surface area contributed by atoms with Gasteiger partial charge in [0.2, 0.25) is 0 Å². The van der Waals surface area contributed by atoms with E-state index in [1.54, 1.807) is 10.4 Å². The first-order chi connectivity index (χ1) is 9.63. The van der Waals surface area contributed by atoms with Gasteiger partial charge in [-0.1, -0.05) is 6.07 Å². The van der Waals surface area contributed by atoms with Crippen LogP contribution in [0, 0.1) is 10.5 Å². The maximum Gasteiger partial charge on any atom is 0.0578 e. The van der Waals surface area contributed by atoms with Gasteiger partial charge in [0.25, 0.3) is 0 Å². The molecule has 0 bridgehead atoms. The molecule has 1 N–H and O–H groups in total. The number of hydrogen-bond acceptors (Lipinski definition) is 2. The Balaban J connectivity index is 1.76. The zero-order chi connectivity index (χ0) is 14.1. The predicted molar refractivity (Wildman–Crippen MR) is 96.9 cm³/mol. The summed E-state index contributed by atoms with van der Waals surface area (Å²) in [4.78, 5) is 3.10. The van der Waals surface area contributed by atoms with Crippen molar-refractivity contribution in [1.82, 2.24) is 0 Å². The third kappa shape index (κ3) is 3.03. The summed E-state index contributed by atoms with van der Waals surface area (Å²) in [6.07, 6.45) is 5.29. The van der Waals surface area contributed by atoms with Crippen LogP contribution in [-0.4, -0.2) is 0 Å². The van der Waals surface area contributed by atoms with Crippen molar-refractivity contribution >= 4 is 39.6 Å². The first-order valence-electron chi connectivity index (χ1n) is 7.27. The predicted octanol–water partition coefficient (Wildman–Crippen LogP) is 5.71. The Morgan fingerprint density at radius 3 is 2.75 bits per heavy atom. The molecule has 3 heteroatoms. The van der Waals surface area contributed by atoms with Crippen LogP contribution in [0.25, 0.3) is 0 Å². The molecule has 1 aliphatic rings. The largest absolute Gasteiger partial charge is 0.378 e. The summed E-state index contributed by atoms with van der Waals surface area (Å²) >= 11 is 4.41. The van der Waals surface area contributed by atoms with E-state index in [1.807, 2.05) is 11.3 Å². The fraction of sp³-hybridized carbons (Fsp3) is 0.412. The highest BCUT2D eigenvalue weighted by molar-refractivity contribution is 14.1. The van der Waals surface area contributed by atoms with E-state index in [-0.39, 0.29) is 0 Å². The van der Waals surface area contributed by atoms with E-state index in [9.17, 15) is 0 Å². The van der Waals surface area contributed by atoms with E-state index >= 15 is 0 Å².